The van der Waals surface area contributed by atoms with Gasteiger partial charge in [-0.05, 0) is 24.9 Å². The smallest absolute Gasteiger partial charge is 0.356 e. The highest BCUT2D eigenvalue weighted by molar-refractivity contribution is 5.79. The number of unbranched alkanes of at least 4 members (excludes halogenated alkanes) is 1. The number of halogens is 3. The van der Waals surface area contributed by atoms with E-state index in [9.17, 15) is 13.2 Å². The van der Waals surface area contributed by atoms with Crippen LogP contribution in [0.3, 0.4) is 0 Å². The van der Waals surface area contributed by atoms with E-state index in [2.05, 4.69) is 49.7 Å². The van der Waals surface area contributed by atoms with Crippen molar-refractivity contribution >= 4 is 5.96 Å². The average molecular weight is 400 g/mol. The van der Waals surface area contributed by atoms with Gasteiger partial charge in [0.1, 0.15) is 0 Å². The van der Waals surface area contributed by atoms with Gasteiger partial charge in [-0.3, -0.25) is 9.89 Å². The minimum absolute atomic E-state index is 0.156. The first kappa shape index (κ1) is 22.5. The van der Waals surface area contributed by atoms with Crippen LogP contribution in [0.5, 0.6) is 0 Å². The van der Waals surface area contributed by atoms with E-state index in [-0.39, 0.29) is 6.54 Å². The maximum absolute atomic E-state index is 12.2. The second-order valence-electron chi connectivity index (χ2n) is 7.10. The first-order valence-electron chi connectivity index (χ1n) is 9.96. The molecule has 1 heterocycles. The molecule has 28 heavy (non-hydrogen) atoms. The molecular weight excluding hydrogens is 367 g/mol. The first-order valence-corrected chi connectivity index (χ1v) is 9.96. The highest BCUT2D eigenvalue weighted by atomic mass is 19.4. The standard InChI is InChI=1S/C20H32F3N5/c1-24-19(26-11-9-20(21,22)23)25-10-5-6-12-27-13-15-28(16-14-27)17-18-7-3-2-4-8-18/h2-4,7-8H,5-6,9-17H2,1H3,(H2,24,25,26). The lowest BCUT2D eigenvalue weighted by molar-refractivity contribution is -0.132. The summed E-state index contributed by atoms with van der Waals surface area (Å²) in [6.07, 6.45) is -2.98. The predicted molar refractivity (Wildman–Crippen MR) is 107 cm³/mol. The van der Waals surface area contributed by atoms with Gasteiger partial charge in [0.2, 0.25) is 0 Å². The molecule has 158 valence electrons. The molecule has 0 bridgehead atoms. The van der Waals surface area contributed by atoms with E-state index in [1.54, 1.807) is 7.05 Å². The first-order chi connectivity index (χ1) is 13.5. The third-order valence-electron chi connectivity index (χ3n) is 4.83. The molecule has 1 fully saturated rings. The van der Waals surface area contributed by atoms with Crippen molar-refractivity contribution in [1.82, 2.24) is 20.4 Å². The lowest BCUT2D eigenvalue weighted by atomic mass is 10.2. The summed E-state index contributed by atoms with van der Waals surface area (Å²) in [5.74, 6) is 0.429. The summed E-state index contributed by atoms with van der Waals surface area (Å²) in [6.45, 7) is 6.96. The van der Waals surface area contributed by atoms with Gasteiger partial charge in [0.15, 0.2) is 5.96 Å². The molecule has 0 unspecified atom stereocenters. The van der Waals surface area contributed by atoms with E-state index in [1.165, 1.54) is 5.56 Å². The van der Waals surface area contributed by atoms with E-state index >= 15 is 0 Å². The molecule has 0 saturated carbocycles. The van der Waals surface area contributed by atoms with E-state index in [0.717, 1.165) is 52.1 Å². The zero-order chi connectivity index (χ0) is 20.2. The van der Waals surface area contributed by atoms with E-state index < -0.39 is 12.6 Å². The van der Waals surface area contributed by atoms with E-state index in [4.69, 9.17) is 0 Å². The summed E-state index contributed by atoms with van der Waals surface area (Å²) in [5, 5.41) is 5.77. The van der Waals surface area contributed by atoms with Gasteiger partial charge < -0.3 is 15.5 Å². The summed E-state index contributed by atoms with van der Waals surface area (Å²) >= 11 is 0. The average Bonchev–Trinajstić information content (AvgIpc) is 2.67. The van der Waals surface area contributed by atoms with Crippen molar-refractivity contribution in [3.63, 3.8) is 0 Å². The summed E-state index contributed by atoms with van der Waals surface area (Å²) in [5.41, 5.74) is 1.36. The van der Waals surface area contributed by atoms with E-state index in [1.807, 2.05) is 6.07 Å². The molecule has 0 amide bonds. The zero-order valence-corrected chi connectivity index (χ0v) is 16.6. The van der Waals surface area contributed by atoms with Crippen molar-refractivity contribution in [2.24, 2.45) is 4.99 Å². The molecule has 1 aliphatic rings. The SMILES string of the molecule is CN=C(NCCCCN1CCN(Cc2ccccc2)CC1)NCCC(F)(F)F. The number of alkyl halides is 3. The van der Waals surface area contributed by atoms with Gasteiger partial charge in [-0.2, -0.15) is 13.2 Å². The molecule has 5 nitrogen and oxygen atoms in total. The molecule has 2 N–H and O–H groups in total. The Balaban J connectivity index is 1.51. The summed E-state index contributed by atoms with van der Waals surface area (Å²) in [7, 11) is 1.57. The van der Waals surface area contributed by atoms with E-state index in [0.29, 0.717) is 12.5 Å². The monoisotopic (exact) mass is 399 g/mol. The maximum Gasteiger partial charge on any atom is 0.390 e. The second-order valence-corrected chi connectivity index (χ2v) is 7.10. The number of hydrogen-bond donors (Lipinski definition) is 2. The number of guanidine groups is 1. The Kier molecular flexibility index (Phi) is 9.57. The van der Waals surface area contributed by atoms with Crippen molar-refractivity contribution in [3.8, 4) is 0 Å². The van der Waals surface area contributed by atoms with Gasteiger partial charge in [-0.15, -0.1) is 0 Å². The third-order valence-corrected chi connectivity index (χ3v) is 4.83. The number of nitrogens with zero attached hydrogens (tertiary/aromatic N) is 3. The largest absolute Gasteiger partial charge is 0.390 e. The van der Waals surface area contributed by atoms with Gasteiger partial charge >= 0.3 is 6.18 Å². The second kappa shape index (κ2) is 11.9. The van der Waals surface area contributed by atoms with Crippen LogP contribution in [0.25, 0.3) is 0 Å². The molecule has 1 aromatic rings. The topological polar surface area (TPSA) is 42.9 Å². The number of piperazine rings is 1. The third kappa shape index (κ3) is 9.41. The highest BCUT2D eigenvalue weighted by Gasteiger charge is 2.26. The molecule has 0 radical (unpaired) electrons. The molecule has 1 saturated heterocycles. The number of hydrogen-bond acceptors (Lipinski definition) is 3. The number of aliphatic imine (C=N–C) groups is 1. The van der Waals surface area contributed by atoms with Gasteiger partial charge in [0.25, 0.3) is 0 Å². The molecular formula is C20H32F3N5. The lowest BCUT2D eigenvalue weighted by Gasteiger charge is -2.34. The van der Waals surface area contributed by atoms with Crippen molar-refractivity contribution in [2.75, 3.05) is 52.9 Å². The minimum atomic E-state index is -4.14. The fourth-order valence-electron chi connectivity index (χ4n) is 3.22. The fraction of sp³-hybridized carbons (Fsp3) is 0.650. The van der Waals surface area contributed by atoms with Crippen LogP contribution in [-0.2, 0) is 6.54 Å². The Hall–Kier alpha value is -1.80. The number of rotatable bonds is 9. The van der Waals surface area contributed by atoms with Crippen LogP contribution < -0.4 is 10.6 Å². The number of benzene rings is 1. The van der Waals surface area contributed by atoms with Crippen LogP contribution in [0.15, 0.2) is 35.3 Å². The Morgan fingerprint density at radius 1 is 0.964 bits per heavy atom. The van der Waals surface area contributed by atoms with Gasteiger partial charge in [-0.1, -0.05) is 30.3 Å². The van der Waals surface area contributed by atoms with Crippen LogP contribution >= 0.6 is 0 Å². The zero-order valence-electron chi connectivity index (χ0n) is 16.6. The minimum Gasteiger partial charge on any atom is -0.356 e. The molecule has 1 aliphatic heterocycles. The maximum atomic E-state index is 12.2. The normalized spacial score (nSPS) is 16.9. The predicted octanol–water partition coefficient (Wildman–Crippen LogP) is 2.70. The Morgan fingerprint density at radius 2 is 1.61 bits per heavy atom. The number of nitrogens with one attached hydrogen (secondary N) is 2. The van der Waals surface area contributed by atoms with Crippen LogP contribution in [0, 0.1) is 0 Å². The molecule has 0 aliphatic carbocycles. The van der Waals surface area contributed by atoms with Gasteiger partial charge in [0, 0.05) is 52.9 Å². The van der Waals surface area contributed by atoms with Crippen LogP contribution in [0.2, 0.25) is 0 Å². The van der Waals surface area contributed by atoms with Gasteiger partial charge in [0.05, 0.1) is 6.42 Å². The Labute approximate surface area is 166 Å². The lowest BCUT2D eigenvalue weighted by Crippen LogP contribution is -2.46. The van der Waals surface area contributed by atoms with Crippen molar-refractivity contribution < 1.29 is 13.2 Å². The Bertz CT molecular complexity index is 569. The van der Waals surface area contributed by atoms with Crippen molar-refractivity contribution in [2.45, 2.75) is 32.0 Å². The quantitative estimate of drug-likeness (QED) is 0.381. The van der Waals surface area contributed by atoms with Crippen molar-refractivity contribution in [1.29, 1.82) is 0 Å². The summed E-state index contributed by atoms with van der Waals surface area (Å²) < 4.78 is 36.5. The molecule has 8 heteroatoms. The molecule has 2 rings (SSSR count). The van der Waals surface area contributed by atoms with Crippen LogP contribution in [0.1, 0.15) is 24.8 Å². The molecule has 0 atom stereocenters. The summed E-state index contributed by atoms with van der Waals surface area (Å²) in [4.78, 5) is 8.92. The van der Waals surface area contributed by atoms with Crippen molar-refractivity contribution in [3.05, 3.63) is 35.9 Å². The van der Waals surface area contributed by atoms with Crippen LogP contribution in [-0.4, -0.2) is 74.8 Å². The molecule has 0 spiro atoms. The fourth-order valence-corrected chi connectivity index (χ4v) is 3.22. The Morgan fingerprint density at radius 3 is 2.25 bits per heavy atom. The summed E-state index contributed by atoms with van der Waals surface area (Å²) in [6, 6.07) is 10.6. The molecule has 1 aromatic carbocycles. The molecule has 0 aromatic heterocycles. The van der Waals surface area contributed by atoms with Gasteiger partial charge in [-0.25, -0.2) is 0 Å². The highest BCUT2D eigenvalue weighted by Crippen LogP contribution is 2.18. The van der Waals surface area contributed by atoms with Crippen LogP contribution in [0.4, 0.5) is 13.2 Å².